The van der Waals surface area contributed by atoms with Crippen molar-refractivity contribution in [3.05, 3.63) is 34.1 Å². The fourth-order valence-corrected chi connectivity index (χ4v) is 1.55. The molecule has 5 heteroatoms. The minimum absolute atomic E-state index is 0.104. The second-order valence-electron chi connectivity index (χ2n) is 3.31. The molecule has 1 aromatic carbocycles. The van der Waals surface area contributed by atoms with Gasteiger partial charge in [0.05, 0.1) is 5.56 Å². The molecule has 0 saturated heterocycles. The van der Waals surface area contributed by atoms with Crippen LogP contribution in [0.25, 0.3) is 0 Å². The Morgan fingerprint density at radius 3 is 2.87 bits per heavy atom. The molecular formula is C10H12BrFN2O. The Hall–Kier alpha value is -0.940. The van der Waals surface area contributed by atoms with E-state index in [1.807, 2.05) is 0 Å². The molecule has 82 valence electrons. The topological polar surface area (TPSA) is 55.1 Å². The van der Waals surface area contributed by atoms with Crippen molar-refractivity contribution in [3.8, 4) is 0 Å². The highest BCUT2D eigenvalue weighted by Gasteiger charge is 2.10. The SMILES string of the molecule is CC(N)CNC(=O)c1ccc(F)cc1Br. The van der Waals surface area contributed by atoms with Gasteiger partial charge in [-0.15, -0.1) is 0 Å². The lowest BCUT2D eigenvalue weighted by atomic mass is 10.2. The van der Waals surface area contributed by atoms with E-state index in [4.69, 9.17) is 5.73 Å². The Bertz CT molecular complexity index is 368. The average Bonchev–Trinajstić information content (AvgIpc) is 2.14. The number of carbonyl (C=O) groups is 1. The summed E-state index contributed by atoms with van der Waals surface area (Å²) in [7, 11) is 0. The van der Waals surface area contributed by atoms with Crippen molar-refractivity contribution in [2.75, 3.05) is 6.54 Å². The largest absolute Gasteiger partial charge is 0.350 e. The Morgan fingerprint density at radius 2 is 2.33 bits per heavy atom. The van der Waals surface area contributed by atoms with E-state index in [0.29, 0.717) is 16.6 Å². The second kappa shape index (κ2) is 5.23. The van der Waals surface area contributed by atoms with Crippen molar-refractivity contribution in [2.24, 2.45) is 5.73 Å². The van der Waals surface area contributed by atoms with Gasteiger partial charge in [0.25, 0.3) is 5.91 Å². The summed E-state index contributed by atoms with van der Waals surface area (Å²) >= 11 is 3.12. The summed E-state index contributed by atoms with van der Waals surface area (Å²) in [6, 6.07) is 3.82. The highest BCUT2D eigenvalue weighted by atomic mass is 79.9. The summed E-state index contributed by atoms with van der Waals surface area (Å²) in [5.74, 6) is -0.648. The summed E-state index contributed by atoms with van der Waals surface area (Å²) in [5, 5.41) is 2.64. The van der Waals surface area contributed by atoms with Crippen molar-refractivity contribution >= 4 is 21.8 Å². The summed E-state index contributed by atoms with van der Waals surface area (Å²) in [5.41, 5.74) is 5.89. The molecule has 0 radical (unpaired) electrons. The minimum atomic E-state index is -0.384. The van der Waals surface area contributed by atoms with Crippen LogP contribution in [0.3, 0.4) is 0 Å². The standard InChI is InChI=1S/C10H12BrFN2O/c1-6(13)5-14-10(15)8-3-2-7(12)4-9(8)11/h2-4,6H,5,13H2,1H3,(H,14,15). The lowest BCUT2D eigenvalue weighted by molar-refractivity contribution is 0.0951. The van der Waals surface area contributed by atoms with Crippen LogP contribution in [-0.2, 0) is 0 Å². The lowest BCUT2D eigenvalue weighted by Crippen LogP contribution is -2.35. The van der Waals surface area contributed by atoms with Gasteiger partial charge in [-0.2, -0.15) is 0 Å². The molecule has 1 atom stereocenters. The quantitative estimate of drug-likeness (QED) is 0.881. The van der Waals surface area contributed by atoms with E-state index in [-0.39, 0.29) is 17.8 Å². The van der Waals surface area contributed by atoms with E-state index in [1.54, 1.807) is 6.92 Å². The van der Waals surface area contributed by atoms with Gasteiger partial charge in [-0.05, 0) is 41.1 Å². The number of hydrogen-bond acceptors (Lipinski definition) is 2. The molecule has 3 nitrogen and oxygen atoms in total. The van der Waals surface area contributed by atoms with Crippen molar-refractivity contribution < 1.29 is 9.18 Å². The van der Waals surface area contributed by atoms with E-state index >= 15 is 0 Å². The van der Waals surface area contributed by atoms with Gasteiger partial charge in [-0.1, -0.05) is 0 Å². The van der Waals surface area contributed by atoms with Gasteiger partial charge in [0.2, 0.25) is 0 Å². The highest BCUT2D eigenvalue weighted by molar-refractivity contribution is 9.10. The summed E-state index contributed by atoms with van der Waals surface area (Å²) < 4.78 is 13.2. The average molecular weight is 275 g/mol. The number of benzene rings is 1. The first-order chi connectivity index (χ1) is 7.00. The lowest BCUT2D eigenvalue weighted by Gasteiger charge is -2.08. The molecule has 0 bridgehead atoms. The van der Waals surface area contributed by atoms with E-state index in [1.165, 1.54) is 18.2 Å². The van der Waals surface area contributed by atoms with Gasteiger partial charge >= 0.3 is 0 Å². The smallest absolute Gasteiger partial charge is 0.252 e. The van der Waals surface area contributed by atoms with Gasteiger partial charge in [0, 0.05) is 17.1 Å². The zero-order valence-electron chi connectivity index (χ0n) is 8.26. The van der Waals surface area contributed by atoms with Crippen LogP contribution in [0.15, 0.2) is 22.7 Å². The van der Waals surface area contributed by atoms with Gasteiger partial charge in [-0.3, -0.25) is 4.79 Å². The van der Waals surface area contributed by atoms with Crippen molar-refractivity contribution in [1.82, 2.24) is 5.32 Å². The molecule has 15 heavy (non-hydrogen) atoms. The Balaban J connectivity index is 2.74. The summed E-state index contributed by atoms with van der Waals surface area (Å²) in [6.45, 7) is 2.18. The monoisotopic (exact) mass is 274 g/mol. The van der Waals surface area contributed by atoms with Gasteiger partial charge in [-0.25, -0.2) is 4.39 Å². The van der Waals surface area contributed by atoms with E-state index in [2.05, 4.69) is 21.2 Å². The number of amides is 1. The third-order valence-electron chi connectivity index (χ3n) is 1.76. The Morgan fingerprint density at radius 1 is 1.67 bits per heavy atom. The number of hydrogen-bond donors (Lipinski definition) is 2. The van der Waals surface area contributed by atoms with Crippen molar-refractivity contribution in [2.45, 2.75) is 13.0 Å². The summed E-state index contributed by atoms with van der Waals surface area (Å²) in [6.07, 6.45) is 0. The highest BCUT2D eigenvalue weighted by Crippen LogP contribution is 2.17. The van der Waals surface area contributed by atoms with E-state index in [9.17, 15) is 9.18 Å². The Labute approximate surface area is 96.0 Å². The number of nitrogens with two attached hydrogens (primary N) is 1. The molecule has 1 unspecified atom stereocenters. The number of carbonyl (C=O) groups excluding carboxylic acids is 1. The summed E-state index contributed by atoms with van der Waals surface area (Å²) in [4.78, 5) is 11.6. The van der Waals surface area contributed by atoms with Crippen LogP contribution >= 0.6 is 15.9 Å². The third-order valence-corrected chi connectivity index (χ3v) is 2.42. The number of rotatable bonds is 3. The molecule has 0 aliphatic rings. The van der Waals surface area contributed by atoms with Crippen LogP contribution in [0.1, 0.15) is 17.3 Å². The molecule has 0 aromatic heterocycles. The zero-order chi connectivity index (χ0) is 11.4. The van der Waals surface area contributed by atoms with Gasteiger partial charge in [0.15, 0.2) is 0 Å². The molecule has 1 amide bonds. The molecule has 3 N–H and O–H groups in total. The fraction of sp³-hybridized carbons (Fsp3) is 0.300. The van der Waals surface area contributed by atoms with Crippen molar-refractivity contribution in [3.63, 3.8) is 0 Å². The van der Waals surface area contributed by atoms with E-state index < -0.39 is 0 Å². The van der Waals surface area contributed by atoms with Gasteiger partial charge < -0.3 is 11.1 Å². The van der Waals surface area contributed by atoms with E-state index in [0.717, 1.165) is 0 Å². The first-order valence-corrected chi connectivity index (χ1v) is 5.29. The second-order valence-corrected chi connectivity index (χ2v) is 4.17. The first-order valence-electron chi connectivity index (χ1n) is 4.49. The maximum atomic E-state index is 12.7. The van der Waals surface area contributed by atoms with Gasteiger partial charge in [0.1, 0.15) is 5.82 Å². The maximum Gasteiger partial charge on any atom is 0.252 e. The van der Waals surface area contributed by atoms with Crippen LogP contribution in [0.2, 0.25) is 0 Å². The predicted octanol–water partition coefficient (Wildman–Crippen LogP) is 1.67. The molecule has 0 aliphatic carbocycles. The van der Waals surface area contributed by atoms with Crippen molar-refractivity contribution in [1.29, 1.82) is 0 Å². The fourth-order valence-electron chi connectivity index (χ4n) is 1.02. The van der Waals surface area contributed by atoms with Crippen LogP contribution in [0.4, 0.5) is 4.39 Å². The molecule has 0 fully saturated rings. The zero-order valence-corrected chi connectivity index (χ0v) is 9.84. The van der Waals surface area contributed by atoms with Crippen LogP contribution < -0.4 is 11.1 Å². The maximum absolute atomic E-state index is 12.7. The Kier molecular flexibility index (Phi) is 4.23. The number of nitrogens with one attached hydrogen (secondary N) is 1. The first kappa shape index (κ1) is 12.1. The van der Waals surface area contributed by atoms with Crippen LogP contribution in [-0.4, -0.2) is 18.5 Å². The molecule has 0 aliphatic heterocycles. The molecule has 1 rings (SSSR count). The molecule has 0 heterocycles. The molecule has 1 aromatic rings. The third kappa shape index (κ3) is 3.60. The minimum Gasteiger partial charge on any atom is -0.350 e. The number of halogens is 2. The molecule has 0 spiro atoms. The molecule has 0 saturated carbocycles. The van der Waals surface area contributed by atoms with Crippen LogP contribution in [0.5, 0.6) is 0 Å². The van der Waals surface area contributed by atoms with Crippen LogP contribution in [0, 0.1) is 5.82 Å². The predicted molar refractivity (Wildman–Crippen MR) is 60.1 cm³/mol. The normalized spacial score (nSPS) is 12.3. The molecular weight excluding hydrogens is 263 g/mol.